The van der Waals surface area contributed by atoms with Crippen molar-refractivity contribution in [3.8, 4) is 22.6 Å². The van der Waals surface area contributed by atoms with E-state index in [1.807, 2.05) is 12.1 Å². The van der Waals surface area contributed by atoms with Crippen molar-refractivity contribution in [2.75, 3.05) is 64.2 Å². The monoisotopic (exact) mass is 652 g/mol. The van der Waals surface area contributed by atoms with Crippen molar-refractivity contribution in [3.63, 3.8) is 0 Å². The zero-order valence-electron chi connectivity index (χ0n) is 25.1. The zero-order chi connectivity index (χ0) is 31.9. The first kappa shape index (κ1) is 32.2. The molecule has 0 saturated carbocycles. The van der Waals surface area contributed by atoms with E-state index in [4.69, 9.17) is 42.4 Å². The summed E-state index contributed by atoms with van der Waals surface area (Å²) < 4.78 is 17.9. The fourth-order valence-electron chi connectivity index (χ4n) is 5.09. The number of methoxy groups -OCH3 is 2. The molecule has 1 amide bonds. The maximum Gasteiger partial charge on any atom is 0.260 e. The molecule has 1 fully saturated rings. The topological polar surface area (TPSA) is 120 Å². The fourth-order valence-corrected chi connectivity index (χ4v) is 5.80. The lowest BCUT2D eigenvalue weighted by Gasteiger charge is -2.26. The molecule has 2 aromatic carbocycles. The van der Waals surface area contributed by atoms with Gasteiger partial charge in [0.15, 0.2) is 0 Å². The smallest absolute Gasteiger partial charge is 0.260 e. The van der Waals surface area contributed by atoms with Crippen molar-refractivity contribution in [3.05, 3.63) is 81.2 Å². The lowest BCUT2D eigenvalue weighted by atomic mass is 10.0. The summed E-state index contributed by atoms with van der Waals surface area (Å²) in [6.45, 7) is 8.42. The van der Waals surface area contributed by atoms with Crippen LogP contribution in [0.3, 0.4) is 0 Å². The molecule has 0 unspecified atom stereocenters. The second-order valence-electron chi connectivity index (χ2n) is 10.3. The van der Waals surface area contributed by atoms with E-state index in [1.165, 1.54) is 20.3 Å². The first-order valence-corrected chi connectivity index (χ1v) is 15.2. The van der Waals surface area contributed by atoms with Crippen LogP contribution < -0.4 is 25.7 Å². The van der Waals surface area contributed by atoms with E-state index in [9.17, 15) is 9.59 Å². The summed E-state index contributed by atoms with van der Waals surface area (Å²) >= 11 is 13.5. The van der Waals surface area contributed by atoms with Gasteiger partial charge >= 0.3 is 0 Å². The number of hydrogen-bond acceptors (Lipinski definition) is 9. The predicted molar refractivity (Wildman–Crippen MR) is 177 cm³/mol. The van der Waals surface area contributed by atoms with Gasteiger partial charge in [0.25, 0.3) is 5.56 Å². The second-order valence-corrected chi connectivity index (χ2v) is 11.0. The number of aryl methyl sites for hydroxylation is 2. The second kappa shape index (κ2) is 14.7. The van der Waals surface area contributed by atoms with Gasteiger partial charge in [0.2, 0.25) is 11.9 Å². The summed E-state index contributed by atoms with van der Waals surface area (Å²) in [5.41, 5.74) is 2.28. The fraction of sp³-hybridized carbons (Fsp3) is 0.312. The van der Waals surface area contributed by atoms with Crippen LogP contribution in [-0.4, -0.2) is 79.0 Å². The summed E-state index contributed by atoms with van der Waals surface area (Å²) in [6.07, 6.45) is 3.39. The quantitative estimate of drug-likeness (QED) is 0.206. The van der Waals surface area contributed by atoms with Crippen LogP contribution >= 0.6 is 23.2 Å². The standard InChI is InChI=1S/C32H34Cl2N6O5/c1-4-26(41)37-22-7-5-20(6-8-22)9-11-40-30-21(19-36-32(38-30)35-10-12-39-13-15-45-16-14-39)17-23(31(40)42)27-28(33)24(43-2)18-25(44-3)29(27)34/h4-8,17-19H,1,9-16H2,2-3H3,(H,37,41)(H,35,36,38). The van der Waals surface area contributed by atoms with E-state index < -0.39 is 0 Å². The van der Waals surface area contributed by atoms with Crippen LogP contribution in [0, 0.1) is 0 Å². The summed E-state index contributed by atoms with van der Waals surface area (Å²) in [6, 6.07) is 10.7. The van der Waals surface area contributed by atoms with Gasteiger partial charge in [0.05, 0.1) is 43.0 Å². The maximum absolute atomic E-state index is 14.3. The number of pyridine rings is 1. The molecule has 1 aliphatic heterocycles. The van der Waals surface area contributed by atoms with E-state index in [1.54, 1.807) is 35.0 Å². The Bertz CT molecular complexity index is 1730. The first-order chi connectivity index (χ1) is 21.8. The van der Waals surface area contributed by atoms with Crippen molar-refractivity contribution in [2.24, 2.45) is 0 Å². The Hall–Kier alpha value is -4.16. The highest BCUT2D eigenvalue weighted by Crippen LogP contribution is 2.45. The minimum Gasteiger partial charge on any atom is -0.495 e. The number of morpholine rings is 1. The van der Waals surface area contributed by atoms with Crippen molar-refractivity contribution in [2.45, 2.75) is 13.0 Å². The van der Waals surface area contributed by atoms with Gasteiger partial charge in [-0.1, -0.05) is 41.9 Å². The van der Waals surface area contributed by atoms with Crippen molar-refractivity contribution in [1.82, 2.24) is 19.4 Å². The number of carbonyl (C=O) groups is 1. The van der Waals surface area contributed by atoms with Crippen LogP contribution in [0.25, 0.3) is 22.2 Å². The number of nitrogens with zero attached hydrogens (tertiary/aromatic N) is 4. The highest BCUT2D eigenvalue weighted by atomic mass is 35.5. The largest absolute Gasteiger partial charge is 0.495 e. The molecule has 1 saturated heterocycles. The minimum absolute atomic E-state index is 0.186. The summed E-state index contributed by atoms with van der Waals surface area (Å²) in [7, 11) is 2.96. The molecule has 0 aliphatic carbocycles. The summed E-state index contributed by atoms with van der Waals surface area (Å²) in [4.78, 5) is 37.5. The molecule has 13 heteroatoms. The van der Waals surface area contributed by atoms with E-state index in [-0.39, 0.29) is 27.1 Å². The highest BCUT2D eigenvalue weighted by molar-refractivity contribution is 6.41. The molecule has 0 atom stereocenters. The third-order valence-corrected chi connectivity index (χ3v) is 8.27. The zero-order valence-corrected chi connectivity index (χ0v) is 26.6. The maximum atomic E-state index is 14.3. The van der Waals surface area contributed by atoms with Crippen molar-refractivity contribution in [1.29, 1.82) is 0 Å². The van der Waals surface area contributed by atoms with Gasteiger partial charge in [-0.25, -0.2) is 4.98 Å². The Morgan fingerprint density at radius 3 is 2.40 bits per heavy atom. The Morgan fingerprint density at radius 1 is 1.07 bits per heavy atom. The number of halogens is 2. The Morgan fingerprint density at radius 2 is 1.76 bits per heavy atom. The van der Waals surface area contributed by atoms with Crippen molar-refractivity contribution < 1.29 is 19.0 Å². The molecule has 3 heterocycles. The van der Waals surface area contributed by atoms with Crippen LogP contribution in [-0.2, 0) is 22.5 Å². The van der Waals surface area contributed by atoms with E-state index >= 15 is 0 Å². The molecule has 5 rings (SSSR count). The van der Waals surface area contributed by atoms with Crippen LogP contribution in [0.2, 0.25) is 10.0 Å². The van der Waals surface area contributed by atoms with Crippen LogP contribution in [0.15, 0.2) is 60.0 Å². The number of fused-ring (bicyclic) bond motifs is 1. The number of amides is 1. The molecular weight excluding hydrogens is 619 g/mol. The van der Waals surface area contributed by atoms with E-state index in [0.29, 0.717) is 59.2 Å². The first-order valence-electron chi connectivity index (χ1n) is 14.4. The number of aromatic nitrogens is 3. The molecule has 4 aromatic rings. The van der Waals surface area contributed by atoms with Gasteiger partial charge in [-0.05, 0) is 36.3 Å². The molecule has 0 bridgehead atoms. The number of carbonyl (C=O) groups excluding carboxylic acids is 1. The molecule has 0 radical (unpaired) electrons. The third kappa shape index (κ3) is 7.39. The van der Waals surface area contributed by atoms with Crippen LogP contribution in [0.4, 0.5) is 11.6 Å². The predicted octanol–water partition coefficient (Wildman–Crippen LogP) is 4.89. The van der Waals surface area contributed by atoms with Crippen LogP contribution in [0.1, 0.15) is 5.56 Å². The van der Waals surface area contributed by atoms with Gasteiger partial charge < -0.3 is 24.8 Å². The third-order valence-electron chi connectivity index (χ3n) is 7.52. The number of hydrogen-bond donors (Lipinski definition) is 2. The Labute approximate surface area is 270 Å². The summed E-state index contributed by atoms with van der Waals surface area (Å²) in [5.74, 6) is 0.758. The van der Waals surface area contributed by atoms with Gasteiger partial charge in [-0.15, -0.1) is 0 Å². The van der Waals surface area contributed by atoms with E-state index in [2.05, 4.69) is 27.1 Å². The minimum atomic E-state index is -0.338. The van der Waals surface area contributed by atoms with Gasteiger partial charge in [-0.3, -0.25) is 19.1 Å². The lowest BCUT2D eigenvalue weighted by Crippen LogP contribution is -2.39. The molecule has 0 spiro atoms. The molecular formula is C32H34Cl2N6O5. The molecule has 1 aliphatic rings. The average Bonchev–Trinajstić information content (AvgIpc) is 3.06. The normalized spacial score (nSPS) is 13.4. The molecule has 236 valence electrons. The summed E-state index contributed by atoms with van der Waals surface area (Å²) in [5, 5.41) is 7.02. The average molecular weight is 654 g/mol. The van der Waals surface area contributed by atoms with Crippen molar-refractivity contribution >= 4 is 51.8 Å². The number of nitrogens with one attached hydrogen (secondary N) is 2. The molecule has 2 aromatic heterocycles. The SMILES string of the molecule is C=CC(=O)Nc1ccc(CCn2c(=O)c(-c3c(Cl)c(OC)cc(OC)c3Cl)cc3cnc(NCCN4CCOCC4)nc32)cc1. The molecule has 45 heavy (non-hydrogen) atoms. The highest BCUT2D eigenvalue weighted by Gasteiger charge is 2.23. The Kier molecular flexibility index (Phi) is 10.6. The number of benzene rings is 2. The van der Waals surface area contributed by atoms with E-state index in [0.717, 1.165) is 38.4 Å². The van der Waals surface area contributed by atoms with Gasteiger partial charge in [-0.2, -0.15) is 4.98 Å². The van der Waals surface area contributed by atoms with Gasteiger partial charge in [0.1, 0.15) is 17.1 Å². The lowest BCUT2D eigenvalue weighted by molar-refractivity contribution is -0.111. The molecule has 11 nitrogen and oxygen atoms in total. The number of anilines is 2. The van der Waals surface area contributed by atoms with Crippen LogP contribution in [0.5, 0.6) is 11.5 Å². The molecule has 2 N–H and O–H groups in total. The number of rotatable bonds is 12. The van der Waals surface area contributed by atoms with Gasteiger partial charge in [0, 0.05) is 61.6 Å². The number of ether oxygens (including phenoxy) is 3. The Balaban J connectivity index is 1.53.